The van der Waals surface area contributed by atoms with Crippen molar-refractivity contribution in [1.82, 2.24) is 20.4 Å². The predicted molar refractivity (Wildman–Crippen MR) is 153 cm³/mol. The summed E-state index contributed by atoms with van der Waals surface area (Å²) in [6, 6.07) is 0.312. The van der Waals surface area contributed by atoms with E-state index in [1.54, 1.807) is 6.21 Å². The number of likely N-dealkylation sites (N-methyl/N-ethyl adjacent to an activating group) is 1. The molecule has 0 radical (unpaired) electrons. The van der Waals surface area contributed by atoms with Gasteiger partial charge in [-0.2, -0.15) is 0 Å². The van der Waals surface area contributed by atoms with Gasteiger partial charge in [-0.05, 0) is 77.7 Å². The zero-order valence-corrected chi connectivity index (χ0v) is 22.9. The molecule has 0 spiro atoms. The number of amides is 1. The lowest BCUT2D eigenvalue weighted by atomic mass is 9.93. The largest absolute Gasteiger partial charge is 0.399 e. The average Bonchev–Trinajstić information content (AvgIpc) is 2.88. The van der Waals surface area contributed by atoms with Crippen molar-refractivity contribution < 1.29 is 4.79 Å². The second kappa shape index (κ2) is 16.2. The number of piperidine rings is 2. The highest BCUT2D eigenvalue weighted by Crippen LogP contribution is 2.23. The van der Waals surface area contributed by atoms with Crippen LogP contribution in [0.25, 0.3) is 0 Å². The van der Waals surface area contributed by atoms with Gasteiger partial charge in [-0.1, -0.05) is 37.8 Å². The van der Waals surface area contributed by atoms with Gasteiger partial charge in [0.25, 0.3) is 0 Å². The van der Waals surface area contributed by atoms with Crippen molar-refractivity contribution in [3.8, 4) is 0 Å². The third kappa shape index (κ3) is 9.43. The zero-order chi connectivity index (χ0) is 26.3. The number of nitrogens with two attached hydrogens (primary N) is 1. The van der Waals surface area contributed by atoms with Gasteiger partial charge in [0.15, 0.2) is 0 Å². The summed E-state index contributed by atoms with van der Waals surface area (Å²) in [6.07, 6.45) is 16.6. The summed E-state index contributed by atoms with van der Waals surface area (Å²) in [5, 5.41) is 6.76. The van der Waals surface area contributed by atoms with Gasteiger partial charge in [0.2, 0.25) is 5.91 Å². The fourth-order valence-corrected chi connectivity index (χ4v) is 4.95. The van der Waals surface area contributed by atoms with E-state index in [-0.39, 0.29) is 5.92 Å². The Morgan fingerprint density at radius 2 is 1.83 bits per heavy atom. The van der Waals surface area contributed by atoms with Crippen molar-refractivity contribution >= 4 is 12.1 Å². The van der Waals surface area contributed by atoms with Gasteiger partial charge < -0.3 is 21.3 Å². The molecule has 2 fully saturated rings. The molecule has 2 aliphatic rings. The van der Waals surface area contributed by atoms with Gasteiger partial charge in [-0.3, -0.25) is 9.69 Å². The summed E-state index contributed by atoms with van der Waals surface area (Å²) < 4.78 is 0. The maximum Gasteiger partial charge on any atom is 0.225 e. The Balaban J connectivity index is 1.86. The Kier molecular flexibility index (Phi) is 13.3. The molecule has 0 atom stereocenters. The van der Waals surface area contributed by atoms with Gasteiger partial charge >= 0.3 is 0 Å². The molecule has 0 bridgehead atoms. The van der Waals surface area contributed by atoms with Crippen LogP contribution in [0.1, 0.15) is 52.9 Å². The standard InChI is InChI=1S/C29H48N6O/c1-6-10-23(20-26(30)11-7-2)22-34-16-12-25(13-17-34)29(36)35-18-14-27(15-19-35)33-28(32-9-4)24(8-3)21-31-5/h6,8-11,20,25,27,31,33H,3,7,12-19,21-22,30H2,1-2,4-5H3/b10-6?,23-20+,26-11-,28-24-,32-9-. The van der Waals surface area contributed by atoms with Crippen molar-refractivity contribution in [2.75, 3.05) is 46.3 Å². The molecule has 0 aromatic rings. The zero-order valence-electron chi connectivity index (χ0n) is 22.9. The Morgan fingerprint density at radius 3 is 2.39 bits per heavy atom. The predicted octanol–water partition coefficient (Wildman–Crippen LogP) is 3.74. The van der Waals surface area contributed by atoms with Gasteiger partial charge in [-0.25, -0.2) is 4.99 Å². The molecule has 2 rings (SSSR count). The fourth-order valence-electron chi connectivity index (χ4n) is 4.95. The molecule has 2 heterocycles. The van der Waals surface area contributed by atoms with Crippen LogP contribution in [0.2, 0.25) is 0 Å². The van der Waals surface area contributed by atoms with Crippen LogP contribution in [0.4, 0.5) is 0 Å². The average molecular weight is 497 g/mol. The molecule has 0 aromatic heterocycles. The molecule has 0 saturated carbocycles. The van der Waals surface area contributed by atoms with Crippen molar-refractivity contribution in [3.05, 3.63) is 59.6 Å². The van der Waals surface area contributed by atoms with Gasteiger partial charge in [0, 0.05) is 55.6 Å². The quantitative estimate of drug-likeness (QED) is 0.283. The number of nitrogens with one attached hydrogen (secondary N) is 2. The smallest absolute Gasteiger partial charge is 0.225 e. The molecule has 36 heavy (non-hydrogen) atoms. The minimum Gasteiger partial charge on any atom is -0.399 e. The number of aliphatic imine (C=N–C) groups is 1. The molecule has 2 aliphatic heterocycles. The minimum absolute atomic E-state index is 0.133. The van der Waals surface area contributed by atoms with Crippen molar-refractivity contribution in [3.63, 3.8) is 0 Å². The first kappa shape index (κ1) is 29.6. The second-order valence-electron chi connectivity index (χ2n) is 9.62. The van der Waals surface area contributed by atoms with Gasteiger partial charge in [0.1, 0.15) is 5.82 Å². The van der Waals surface area contributed by atoms with E-state index in [1.165, 1.54) is 5.57 Å². The fraction of sp³-hybridized carbons (Fsp3) is 0.586. The first-order valence-electron chi connectivity index (χ1n) is 13.5. The monoisotopic (exact) mass is 496 g/mol. The number of nitrogens with zero attached hydrogens (tertiary/aromatic N) is 3. The topological polar surface area (TPSA) is 86.0 Å². The van der Waals surface area contributed by atoms with E-state index in [2.05, 4.69) is 57.2 Å². The van der Waals surface area contributed by atoms with Crippen molar-refractivity contribution in [2.24, 2.45) is 16.6 Å². The van der Waals surface area contributed by atoms with Crippen LogP contribution >= 0.6 is 0 Å². The third-order valence-electron chi connectivity index (χ3n) is 6.84. The molecular formula is C29H48N6O. The maximum absolute atomic E-state index is 13.3. The normalized spacial score (nSPS) is 20.3. The highest BCUT2D eigenvalue weighted by molar-refractivity contribution is 5.79. The van der Waals surface area contributed by atoms with Gasteiger partial charge in [-0.15, -0.1) is 0 Å². The van der Waals surface area contributed by atoms with E-state index >= 15 is 0 Å². The number of rotatable bonds is 12. The molecule has 7 heteroatoms. The number of allylic oxidation sites excluding steroid dienone is 3. The molecule has 0 aromatic carbocycles. The van der Waals surface area contributed by atoms with E-state index < -0.39 is 0 Å². The lowest BCUT2D eigenvalue weighted by molar-refractivity contribution is -0.138. The lowest BCUT2D eigenvalue weighted by Crippen LogP contribution is -2.48. The number of likely N-dealkylation sites (tertiary alicyclic amines) is 2. The van der Waals surface area contributed by atoms with Crippen LogP contribution in [-0.2, 0) is 4.79 Å². The molecular weight excluding hydrogens is 448 g/mol. The van der Waals surface area contributed by atoms with Crippen molar-refractivity contribution in [2.45, 2.75) is 58.9 Å². The van der Waals surface area contributed by atoms with Crippen LogP contribution in [-0.4, -0.2) is 74.3 Å². The van der Waals surface area contributed by atoms with Crippen LogP contribution in [0.5, 0.6) is 0 Å². The van der Waals surface area contributed by atoms with Crippen LogP contribution in [0.3, 0.4) is 0 Å². The first-order valence-corrected chi connectivity index (χ1v) is 13.5. The third-order valence-corrected chi connectivity index (χ3v) is 6.84. The summed E-state index contributed by atoms with van der Waals surface area (Å²) in [5.74, 6) is 1.34. The second-order valence-corrected chi connectivity index (χ2v) is 9.62. The molecule has 7 nitrogen and oxygen atoms in total. The number of carbonyl (C=O) groups is 1. The Morgan fingerprint density at radius 1 is 1.14 bits per heavy atom. The van der Waals surface area contributed by atoms with E-state index in [4.69, 9.17) is 5.73 Å². The van der Waals surface area contributed by atoms with Crippen LogP contribution in [0.15, 0.2) is 64.6 Å². The highest BCUT2D eigenvalue weighted by Gasteiger charge is 2.31. The Hall–Kier alpha value is -2.64. The molecule has 1 amide bonds. The maximum atomic E-state index is 13.3. The summed E-state index contributed by atoms with van der Waals surface area (Å²) >= 11 is 0. The SMILES string of the molecule is C=C/C(CNC)=C(\N=C/C)NC1CCN(C(=O)C2CCN(C/C(C=CC)=C/C(N)=C/CC)CC2)CC1. The molecule has 200 valence electrons. The van der Waals surface area contributed by atoms with E-state index in [0.29, 0.717) is 18.5 Å². The number of carbonyl (C=O) groups excluding carboxylic acids is 1. The van der Waals surface area contributed by atoms with Crippen molar-refractivity contribution in [1.29, 1.82) is 0 Å². The van der Waals surface area contributed by atoms with E-state index in [0.717, 1.165) is 81.9 Å². The first-order chi connectivity index (χ1) is 17.4. The van der Waals surface area contributed by atoms with Crippen LogP contribution < -0.4 is 16.4 Å². The summed E-state index contributed by atoms with van der Waals surface area (Å²) in [6.45, 7) is 15.1. The molecule has 0 aliphatic carbocycles. The lowest BCUT2D eigenvalue weighted by Gasteiger charge is -2.38. The highest BCUT2D eigenvalue weighted by atomic mass is 16.2. The minimum atomic E-state index is 0.133. The summed E-state index contributed by atoms with van der Waals surface area (Å²) in [4.78, 5) is 22.3. The van der Waals surface area contributed by atoms with E-state index in [9.17, 15) is 4.79 Å². The Bertz CT molecular complexity index is 853. The Labute approximate surface area is 219 Å². The number of hydrogen-bond donors (Lipinski definition) is 3. The van der Waals surface area contributed by atoms with E-state index in [1.807, 2.05) is 33.0 Å². The molecule has 2 saturated heterocycles. The summed E-state index contributed by atoms with van der Waals surface area (Å²) in [5.41, 5.74) is 9.20. The number of hydrogen-bond acceptors (Lipinski definition) is 6. The van der Waals surface area contributed by atoms with Gasteiger partial charge in [0.05, 0.1) is 0 Å². The summed E-state index contributed by atoms with van der Waals surface area (Å²) in [7, 11) is 1.92. The molecule has 0 unspecified atom stereocenters. The van der Waals surface area contributed by atoms with Crippen LogP contribution in [0, 0.1) is 5.92 Å². The molecule has 4 N–H and O–H groups in total.